The van der Waals surface area contributed by atoms with Crippen LogP contribution in [0, 0.1) is 5.82 Å². The molecule has 0 spiro atoms. The number of likely N-dealkylation sites (tertiary alicyclic amines) is 1. The van der Waals surface area contributed by atoms with E-state index < -0.39 is 29.0 Å². The normalized spacial score (nSPS) is 14.8. The molecule has 1 aromatic carbocycles. The number of likely N-dealkylation sites (N-methyl/N-ethyl adjacent to an activating group) is 1. The van der Waals surface area contributed by atoms with Gasteiger partial charge < -0.3 is 19.0 Å². The van der Waals surface area contributed by atoms with Crippen LogP contribution in [-0.4, -0.2) is 53.6 Å². The number of amides is 2. The van der Waals surface area contributed by atoms with Gasteiger partial charge in [0.25, 0.3) is 5.91 Å². The van der Waals surface area contributed by atoms with Gasteiger partial charge in [0.15, 0.2) is 5.76 Å². The van der Waals surface area contributed by atoms with Gasteiger partial charge in [-0.25, -0.2) is 14.0 Å². The van der Waals surface area contributed by atoms with E-state index in [1.54, 1.807) is 27.8 Å². The van der Waals surface area contributed by atoms with Crippen LogP contribution >= 0.6 is 0 Å². The van der Waals surface area contributed by atoms with Crippen LogP contribution in [0.15, 0.2) is 33.5 Å². The third-order valence-corrected chi connectivity index (χ3v) is 4.31. The molecule has 8 heteroatoms. The SMILES string of the molecule is CN(C(=O)OC(C)(C)C)C1CN(C(=O)c2cc3cc(F)ccc3c(=O)o2)C1. The predicted octanol–water partition coefficient (Wildman–Crippen LogP) is 2.62. The lowest BCUT2D eigenvalue weighted by Crippen LogP contribution is -2.61. The van der Waals surface area contributed by atoms with Crippen LogP contribution in [0.4, 0.5) is 9.18 Å². The summed E-state index contributed by atoms with van der Waals surface area (Å²) in [5.41, 5.74) is -1.30. The van der Waals surface area contributed by atoms with Crippen molar-refractivity contribution in [3.8, 4) is 0 Å². The number of hydrogen-bond donors (Lipinski definition) is 0. The molecule has 2 aromatic rings. The molecule has 1 aromatic heterocycles. The van der Waals surface area contributed by atoms with E-state index in [9.17, 15) is 18.8 Å². The van der Waals surface area contributed by atoms with Crippen molar-refractivity contribution < 1.29 is 23.1 Å². The van der Waals surface area contributed by atoms with Gasteiger partial charge in [0, 0.05) is 20.1 Å². The Labute approximate surface area is 155 Å². The molecule has 1 aliphatic rings. The van der Waals surface area contributed by atoms with Gasteiger partial charge in [-0.15, -0.1) is 0 Å². The maximum absolute atomic E-state index is 13.4. The summed E-state index contributed by atoms with van der Waals surface area (Å²) < 4.78 is 23.8. The standard InChI is InChI=1S/C19H21FN2O5/c1-19(2,3)27-18(25)21(4)13-9-22(10-13)16(23)15-8-11-7-12(20)5-6-14(11)17(24)26-15/h5-8,13H,9-10H2,1-4H3. The van der Waals surface area contributed by atoms with Gasteiger partial charge in [-0.05, 0) is 50.4 Å². The molecule has 2 amide bonds. The minimum atomic E-state index is -0.696. The Balaban J connectivity index is 1.69. The molecule has 0 saturated carbocycles. The van der Waals surface area contributed by atoms with Gasteiger partial charge in [-0.2, -0.15) is 0 Å². The Bertz CT molecular complexity index is 957. The number of carbonyl (C=O) groups is 2. The van der Waals surface area contributed by atoms with E-state index in [4.69, 9.17) is 9.15 Å². The Kier molecular flexibility index (Phi) is 4.67. The Morgan fingerprint density at radius 3 is 2.56 bits per heavy atom. The van der Waals surface area contributed by atoms with Crippen LogP contribution in [0.1, 0.15) is 31.3 Å². The van der Waals surface area contributed by atoms with E-state index in [1.165, 1.54) is 28.0 Å². The largest absolute Gasteiger partial charge is 0.444 e. The number of carbonyl (C=O) groups excluding carboxylic acids is 2. The monoisotopic (exact) mass is 376 g/mol. The number of nitrogens with zero attached hydrogens (tertiary/aromatic N) is 2. The Morgan fingerprint density at radius 2 is 1.93 bits per heavy atom. The van der Waals surface area contributed by atoms with Crippen molar-refractivity contribution in [2.45, 2.75) is 32.4 Å². The number of ether oxygens (including phenoxy) is 1. The van der Waals surface area contributed by atoms with Crippen LogP contribution in [0.3, 0.4) is 0 Å². The molecule has 3 rings (SSSR count). The summed E-state index contributed by atoms with van der Waals surface area (Å²) in [4.78, 5) is 39.5. The first kappa shape index (κ1) is 18.9. The minimum Gasteiger partial charge on any atom is -0.444 e. The fourth-order valence-electron chi connectivity index (χ4n) is 2.77. The zero-order valence-corrected chi connectivity index (χ0v) is 15.6. The highest BCUT2D eigenvalue weighted by molar-refractivity contribution is 5.95. The van der Waals surface area contributed by atoms with E-state index >= 15 is 0 Å². The summed E-state index contributed by atoms with van der Waals surface area (Å²) in [6.07, 6.45) is -0.465. The van der Waals surface area contributed by atoms with Crippen LogP contribution in [-0.2, 0) is 4.74 Å². The van der Waals surface area contributed by atoms with E-state index in [0.29, 0.717) is 18.5 Å². The molecular weight excluding hydrogens is 355 g/mol. The Hall–Kier alpha value is -2.90. The number of rotatable bonds is 2. The van der Waals surface area contributed by atoms with Crippen molar-refractivity contribution in [3.63, 3.8) is 0 Å². The highest BCUT2D eigenvalue weighted by Crippen LogP contribution is 2.21. The number of hydrogen-bond acceptors (Lipinski definition) is 5. The lowest BCUT2D eigenvalue weighted by molar-refractivity contribution is -0.00288. The minimum absolute atomic E-state index is 0.156. The Morgan fingerprint density at radius 1 is 1.26 bits per heavy atom. The molecule has 144 valence electrons. The first-order chi connectivity index (χ1) is 12.5. The van der Waals surface area contributed by atoms with Crippen molar-refractivity contribution >= 4 is 22.8 Å². The predicted molar refractivity (Wildman–Crippen MR) is 96.1 cm³/mol. The highest BCUT2D eigenvalue weighted by atomic mass is 19.1. The van der Waals surface area contributed by atoms with Crippen LogP contribution < -0.4 is 5.63 Å². The van der Waals surface area contributed by atoms with E-state index in [0.717, 1.165) is 6.07 Å². The van der Waals surface area contributed by atoms with Crippen molar-refractivity contribution in [1.29, 1.82) is 0 Å². The van der Waals surface area contributed by atoms with Gasteiger partial charge in [0.05, 0.1) is 11.4 Å². The third-order valence-electron chi connectivity index (χ3n) is 4.31. The number of halogens is 1. The first-order valence-corrected chi connectivity index (χ1v) is 8.53. The lowest BCUT2D eigenvalue weighted by Gasteiger charge is -2.43. The summed E-state index contributed by atoms with van der Waals surface area (Å²) >= 11 is 0. The molecular formula is C19H21FN2O5. The topological polar surface area (TPSA) is 80.1 Å². The number of benzene rings is 1. The summed E-state index contributed by atoms with van der Waals surface area (Å²) in [5.74, 6) is -1.14. The van der Waals surface area contributed by atoms with Crippen LogP contribution in [0.25, 0.3) is 10.8 Å². The second-order valence-corrected chi connectivity index (χ2v) is 7.58. The summed E-state index contributed by atoms with van der Waals surface area (Å²) in [7, 11) is 1.61. The van der Waals surface area contributed by atoms with Gasteiger partial charge in [0.2, 0.25) is 0 Å². The molecule has 2 heterocycles. The van der Waals surface area contributed by atoms with Crippen molar-refractivity contribution in [1.82, 2.24) is 9.80 Å². The molecule has 1 fully saturated rings. The fraction of sp³-hybridized carbons (Fsp3) is 0.421. The average Bonchev–Trinajstić information content (AvgIpc) is 2.50. The second-order valence-electron chi connectivity index (χ2n) is 7.58. The summed E-state index contributed by atoms with van der Waals surface area (Å²) in [6, 6.07) is 4.83. The average molecular weight is 376 g/mol. The quantitative estimate of drug-likeness (QED) is 0.805. The molecule has 1 aliphatic heterocycles. The van der Waals surface area contributed by atoms with Crippen molar-refractivity contribution in [3.05, 3.63) is 46.3 Å². The van der Waals surface area contributed by atoms with Crippen molar-refractivity contribution in [2.24, 2.45) is 0 Å². The molecule has 27 heavy (non-hydrogen) atoms. The lowest BCUT2D eigenvalue weighted by atomic mass is 10.1. The van der Waals surface area contributed by atoms with Gasteiger partial charge in [0.1, 0.15) is 11.4 Å². The molecule has 1 saturated heterocycles. The molecule has 0 N–H and O–H groups in total. The smallest absolute Gasteiger partial charge is 0.410 e. The molecule has 0 radical (unpaired) electrons. The van der Waals surface area contributed by atoms with Crippen molar-refractivity contribution in [2.75, 3.05) is 20.1 Å². The maximum Gasteiger partial charge on any atom is 0.410 e. The molecule has 0 bridgehead atoms. The van der Waals surface area contributed by atoms with Gasteiger partial charge >= 0.3 is 11.7 Å². The van der Waals surface area contributed by atoms with E-state index in [2.05, 4.69) is 0 Å². The summed E-state index contributed by atoms with van der Waals surface area (Å²) in [5, 5.41) is 0.511. The van der Waals surface area contributed by atoms with E-state index in [1.807, 2.05) is 0 Å². The van der Waals surface area contributed by atoms with Gasteiger partial charge in [-0.1, -0.05) is 0 Å². The third kappa shape index (κ3) is 3.94. The zero-order valence-electron chi connectivity index (χ0n) is 15.6. The fourth-order valence-corrected chi connectivity index (χ4v) is 2.77. The zero-order chi connectivity index (χ0) is 19.9. The van der Waals surface area contributed by atoms with E-state index in [-0.39, 0.29) is 17.2 Å². The van der Waals surface area contributed by atoms with Crippen LogP contribution in [0.5, 0.6) is 0 Å². The maximum atomic E-state index is 13.4. The number of fused-ring (bicyclic) bond motifs is 1. The van der Waals surface area contributed by atoms with Gasteiger partial charge in [-0.3, -0.25) is 4.79 Å². The van der Waals surface area contributed by atoms with Crippen LogP contribution in [0.2, 0.25) is 0 Å². The summed E-state index contributed by atoms with van der Waals surface area (Å²) in [6.45, 7) is 5.92. The second kappa shape index (κ2) is 6.68. The highest BCUT2D eigenvalue weighted by Gasteiger charge is 2.38. The molecule has 0 unspecified atom stereocenters. The molecule has 0 aliphatic carbocycles. The molecule has 7 nitrogen and oxygen atoms in total. The first-order valence-electron chi connectivity index (χ1n) is 8.53. The molecule has 0 atom stereocenters.